The first-order valence-electron chi connectivity index (χ1n) is 5.62. The predicted octanol–water partition coefficient (Wildman–Crippen LogP) is 0.467. The van der Waals surface area contributed by atoms with Crippen LogP contribution in [0.2, 0.25) is 0 Å². The fraction of sp³-hybridized carbons (Fsp3) is 0.300. The van der Waals surface area contributed by atoms with Crippen molar-refractivity contribution in [1.82, 2.24) is 24.9 Å². The first-order valence-corrected chi connectivity index (χ1v) is 6.50. The van der Waals surface area contributed by atoms with E-state index in [9.17, 15) is 9.59 Å². The molecule has 106 valence electrons. The summed E-state index contributed by atoms with van der Waals surface area (Å²) >= 11 is 1.33. The van der Waals surface area contributed by atoms with E-state index >= 15 is 0 Å². The summed E-state index contributed by atoms with van der Waals surface area (Å²) in [5.74, 6) is 0.0149. The van der Waals surface area contributed by atoms with Gasteiger partial charge in [0.2, 0.25) is 5.91 Å². The van der Waals surface area contributed by atoms with Gasteiger partial charge in [-0.1, -0.05) is 5.21 Å². The Bertz CT molecular complexity index is 593. The van der Waals surface area contributed by atoms with Crippen molar-refractivity contribution in [2.45, 2.75) is 6.54 Å². The number of hydrogen-bond donors (Lipinski definition) is 2. The second-order valence-electron chi connectivity index (χ2n) is 4.01. The van der Waals surface area contributed by atoms with Gasteiger partial charge in [-0.25, -0.2) is 14.5 Å². The predicted molar refractivity (Wildman–Crippen MR) is 73.5 cm³/mol. The number of rotatable bonds is 4. The Morgan fingerprint density at radius 3 is 2.85 bits per heavy atom. The molecule has 0 spiro atoms. The van der Waals surface area contributed by atoms with Gasteiger partial charge in [0.1, 0.15) is 6.54 Å². The zero-order valence-electron chi connectivity index (χ0n) is 10.9. The summed E-state index contributed by atoms with van der Waals surface area (Å²) < 4.78 is 1.33. The summed E-state index contributed by atoms with van der Waals surface area (Å²) in [6.07, 6.45) is 3.08. The average Bonchev–Trinajstić information content (AvgIpc) is 3.01. The van der Waals surface area contributed by atoms with E-state index in [1.165, 1.54) is 27.1 Å². The highest BCUT2D eigenvalue weighted by Gasteiger charge is 2.10. The summed E-state index contributed by atoms with van der Waals surface area (Å²) in [5, 5.41) is 14.9. The second-order valence-corrected chi connectivity index (χ2v) is 4.91. The number of amides is 3. The van der Waals surface area contributed by atoms with E-state index in [0.29, 0.717) is 5.13 Å². The molecule has 0 aliphatic heterocycles. The smallest absolute Gasteiger partial charge is 0.322 e. The van der Waals surface area contributed by atoms with Crippen molar-refractivity contribution in [3.05, 3.63) is 17.8 Å². The molecule has 2 aromatic rings. The lowest BCUT2D eigenvalue weighted by atomic mass is 10.6. The molecular formula is C10H13N7O2S. The topological polar surface area (TPSA) is 105 Å². The monoisotopic (exact) mass is 295 g/mol. The fourth-order valence-electron chi connectivity index (χ4n) is 1.25. The molecule has 0 radical (unpaired) electrons. The van der Waals surface area contributed by atoms with Crippen LogP contribution >= 0.6 is 11.3 Å². The quantitative estimate of drug-likeness (QED) is 0.853. The molecule has 0 fully saturated rings. The van der Waals surface area contributed by atoms with Crippen LogP contribution in [-0.2, 0) is 11.3 Å². The van der Waals surface area contributed by atoms with Crippen molar-refractivity contribution < 1.29 is 9.59 Å². The standard InChI is InChI=1S/C10H13N7O2S/c1-16(2)10(19)12-7-5-17(15-14-7)6-8(18)13-9-11-3-4-20-9/h3-5H,6H2,1-2H3,(H,12,19)(H,11,13,18). The Labute approximate surface area is 118 Å². The van der Waals surface area contributed by atoms with Gasteiger partial charge in [0.25, 0.3) is 0 Å². The molecule has 0 atom stereocenters. The van der Waals surface area contributed by atoms with Crippen LogP contribution in [0.25, 0.3) is 0 Å². The maximum atomic E-state index is 11.7. The second kappa shape index (κ2) is 6.10. The molecule has 20 heavy (non-hydrogen) atoms. The maximum Gasteiger partial charge on any atom is 0.322 e. The van der Waals surface area contributed by atoms with Gasteiger partial charge in [-0.15, -0.1) is 16.4 Å². The Balaban J connectivity index is 1.89. The minimum atomic E-state index is -0.315. The lowest BCUT2D eigenvalue weighted by molar-refractivity contribution is -0.116. The number of hydrogen-bond acceptors (Lipinski definition) is 6. The molecule has 2 N–H and O–H groups in total. The summed E-state index contributed by atoms with van der Waals surface area (Å²) in [7, 11) is 3.22. The van der Waals surface area contributed by atoms with Crippen molar-refractivity contribution in [1.29, 1.82) is 0 Å². The third-order valence-corrected chi connectivity index (χ3v) is 2.85. The normalized spacial score (nSPS) is 10.1. The molecule has 10 heteroatoms. The van der Waals surface area contributed by atoms with Crippen LogP contribution in [0.5, 0.6) is 0 Å². The summed E-state index contributed by atoms with van der Waals surface area (Å²) in [6.45, 7) is -0.00951. The zero-order valence-corrected chi connectivity index (χ0v) is 11.7. The lowest BCUT2D eigenvalue weighted by Gasteiger charge is -2.08. The van der Waals surface area contributed by atoms with E-state index in [1.54, 1.807) is 25.7 Å². The molecule has 9 nitrogen and oxygen atoms in total. The van der Waals surface area contributed by atoms with Crippen molar-refractivity contribution in [2.75, 3.05) is 24.7 Å². The van der Waals surface area contributed by atoms with E-state index in [4.69, 9.17) is 0 Å². The van der Waals surface area contributed by atoms with Crippen LogP contribution in [0.4, 0.5) is 15.7 Å². The van der Waals surface area contributed by atoms with Crippen LogP contribution in [0.1, 0.15) is 0 Å². The Morgan fingerprint density at radius 1 is 1.40 bits per heavy atom. The summed E-state index contributed by atoms with van der Waals surface area (Å²) in [5.41, 5.74) is 0. The highest BCUT2D eigenvalue weighted by Crippen LogP contribution is 2.10. The number of nitrogens with zero attached hydrogens (tertiary/aromatic N) is 5. The number of carbonyl (C=O) groups is 2. The van der Waals surface area contributed by atoms with E-state index in [1.807, 2.05) is 0 Å². The summed E-state index contributed by atoms with van der Waals surface area (Å²) in [6, 6.07) is -0.315. The molecule has 2 heterocycles. The first-order chi connectivity index (χ1) is 9.54. The van der Waals surface area contributed by atoms with Crippen LogP contribution in [0, 0.1) is 0 Å². The molecule has 3 amide bonds. The van der Waals surface area contributed by atoms with Gasteiger partial charge >= 0.3 is 6.03 Å². The Morgan fingerprint density at radius 2 is 2.20 bits per heavy atom. The molecule has 0 aromatic carbocycles. The highest BCUT2D eigenvalue weighted by atomic mass is 32.1. The van der Waals surface area contributed by atoms with E-state index < -0.39 is 0 Å². The SMILES string of the molecule is CN(C)C(=O)Nc1cn(CC(=O)Nc2nccs2)nn1. The van der Waals surface area contributed by atoms with Crippen molar-refractivity contribution in [3.8, 4) is 0 Å². The van der Waals surface area contributed by atoms with Gasteiger partial charge in [-0.2, -0.15) is 0 Å². The number of carbonyl (C=O) groups excluding carboxylic acids is 2. The van der Waals surface area contributed by atoms with Gasteiger partial charge in [0, 0.05) is 25.7 Å². The molecule has 0 saturated heterocycles. The number of thiazole rings is 1. The van der Waals surface area contributed by atoms with Crippen LogP contribution in [-0.4, -0.2) is 50.9 Å². The third-order valence-electron chi connectivity index (χ3n) is 2.16. The van der Waals surface area contributed by atoms with E-state index in [-0.39, 0.29) is 24.3 Å². The van der Waals surface area contributed by atoms with E-state index in [2.05, 4.69) is 25.9 Å². The summed E-state index contributed by atoms with van der Waals surface area (Å²) in [4.78, 5) is 28.4. The first kappa shape index (κ1) is 13.9. The Kier molecular flexibility index (Phi) is 4.25. The Hall–Kier alpha value is -2.49. The fourth-order valence-corrected chi connectivity index (χ4v) is 1.79. The zero-order chi connectivity index (χ0) is 14.5. The van der Waals surface area contributed by atoms with Crippen molar-refractivity contribution in [3.63, 3.8) is 0 Å². The molecule has 0 bridgehead atoms. The van der Waals surface area contributed by atoms with Gasteiger partial charge in [-0.05, 0) is 0 Å². The molecule has 0 unspecified atom stereocenters. The lowest BCUT2D eigenvalue weighted by Crippen LogP contribution is -2.27. The molecular weight excluding hydrogens is 282 g/mol. The van der Waals surface area contributed by atoms with Crippen LogP contribution < -0.4 is 10.6 Å². The molecule has 0 aliphatic carbocycles. The largest absolute Gasteiger partial charge is 0.331 e. The molecule has 0 aliphatic rings. The molecule has 2 aromatic heterocycles. The van der Waals surface area contributed by atoms with Gasteiger partial charge in [-0.3, -0.25) is 10.1 Å². The average molecular weight is 295 g/mol. The van der Waals surface area contributed by atoms with E-state index in [0.717, 1.165) is 0 Å². The van der Waals surface area contributed by atoms with Crippen LogP contribution in [0.15, 0.2) is 17.8 Å². The minimum Gasteiger partial charge on any atom is -0.331 e. The van der Waals surface area contributed by atoms with Crippen molar-refractivity contribution >= 4 is 34.2 Å². The maximum absolute atomic E-state index is 11.7. The third kappa shape index (κ3) is 3.75. The number of aromatic nitrogens is 4. The molecule has 0 saturated carbocycles. The van der Waals surface area contributed by atoms with Gasteiger partial charge in [0.15, 0.2) is 10.9 Å². The van der Waals surface area contributed by atoms with Gasteiger partial charge in [0.05, 0.1) is 6.20 Å². The number of nitrogens with one attached hydrogen (secondary N) is 2. The van der Waals surface area contributed by atoms with Gasteiger partial charge < -0.3 is 10.2 Å². The minimum absolute atomic E-state index is 0.00951. The number of anilines is 2. The molecule has 2 rings (SSSR count). The van der Waals surface area contributed by atoms with Crippen molar-refractivity contribution in [2.24, 2.45) is 0 Å². The highest BCUT2D eigenvalue weighted by molar-refractivity contribution is 7.13. The van der Waals surface area contributed by atoms with Crippen LogP contribution in [0.3, 0.4) is 0 Å². The number of urea groups is 1.